The molecule has 0 radical (unpaired) electrons. The minimum atomic E-state index is -0.0133. The van der Waals surface area contributed by atoms with Crippen molar-refractivity contribution in [3.8, 4) is 6.01 Å². The molecule has 8 nitrogen and oxygen atoms in total. The normalized spacial score (nSPS) is 19.0. The van der Waals surface area contributed by atoms with Crippen LogP contribution in [0.3, 0.4) is 0 Å². The number of nitrogens with two attached hydrogens (primary N) is 1. The van der Waals surface area contributed by atoms with Crippen molar-refractivity contribution in [3.05, 3.63) is 0 Å². The third kappa shape index (κ3) is 3.41. The Balaban J connectivity index is 2.11. The zero-order valence-corrected chi connectivity index (χ0v) is 10.5. The maximum atomic E-state index is 5.43. The fraction of sp³-hybridized carbons (Fsp3) is 0.700. The van der Waals surface area contributed by atoms with E-state index in [9.17, 15) is 0 Å². The molecular formula is C10H18N6O2. The molecule has 1 fully saturated rings. The minimum absolute atomic E-state index is 0.0133. The van der Waals surface area contributed by atoms with E-state index in [2.05, 4.69) is 25.7 Å². The van der Waals surface area contributed by atoms with Gasteiger partial charge in [0.05, 0.1) is 18.8 Å². The van der Waals surface area contributed by atoms with Crippen molar-refractivity contribution in [1.29, 1.82) is 0 Å². The lowest BCUT2D eigenvalue weighted by Gasteiger charge is -2.13. The van der Waals surface area contributed by atoms with Crippen LogP contribution >= 0.6 is 0 Å². The first-order valence-corrected chi connectivity index (χ1v) is 5.91. The fourth-order valence-corrected chi connectivity index (χ4v) is 1.58. The average Bonchev–Trinajstić information content (AvgIpc) is 2.80. The van der Waals surface area contributed by atoms with E-state index in [0.717, 1.165) is 13.0 Å². The summed E-state index contributed by atoms with van der Waals surface area (Å²) in [6.07, 6.45) is 0.915. The lowest BCUT2D eigenvalue weighted by Crippen LogP contribution is -2.22. The van der Waals surface area contributed by atoms with Crippen LogP contribution in [0, 0.1) is 0 Å². The minimum Gasteiger partial charge on any atom is -0.461 e. The lowest BCUT2D eigenvalue weighted by atomic mass is 10.3. The van der Waals surface area contributed by atoms with Crippen LogP contribution in [0.5, 0.6) is 6.01 Å². The predicted octanol–water partition coefficient (Wildman–Crippen LogP) is 0.145. The molecule has 100 valence electrons. The van der Waals surface area contributed by atoms with Gasteiger partial charge in [0.1, 0.15) is 0 Å². The van der Waals surface area contributed by atoms with Crippen molar-refractivity contribution in [2.75, 3.05) is 24.0 Å². The van der Waals surface area contributed by atoms with E-state index in [1.807, 2.05) is 13.8 Å². The maximum absolute atomic E-state index is 5.43. The molecular weight excluding hydrogens is 236 g/mol. The SMILES string of the molecule is CC(C)Oc1nc(NN)nc(NC2CCOC2)n1. The number of hydrogen-bond acceptors (Lipinski definition) is 8. The van der Waals surface area contributed by atoms with Crippen molar-refractivity contribution >= 4 is 11.9 Å². The Kier molecular flexibility index (Phi) is 4.11. The summed E-state index contributed by atoms with van der Waals surface area (Å²) in [7, 11) is 0. The Labute approximate surface area is 105 Å². The lowest BCUT2D eigenvalue weighted by molar-refractivity contribution is 0.195. The Morgan fingerprint density at radius 1 is 1.33 bits per heavy atom. The van der Waals surface area contributed by atoms with Crippen LogP contribution in [0.15, 0.2) is 0 Å². The highest BCUT2D eigenvalue weighted by molar-refractivity contribution is 5.35. The Morgan fingerprint density at radius 3 is 2.72 bits per heavy atom. The second-order valence-corrected chi connectivity index (χ2v) is 4.28. The topological polar surface area (TPSA) is 107 Å². The maximum Gasteiger partial charge on any atom is 0.323 e. The van der Waals surface area contributed by atoms with Crippen LogP contribution in [-0.2, 0) is 4.74 Å². The van der Waals surface area contributed by atoms with Gasteiger partial charge in [-0.15, -0.1) is 0 Å². The third-order valence-electron chi connectivity index (χ3n) is 2.35. The average molecular weight is 254 g/mol. The van der Waals surface area contributed by atoms with Gasteiger partial charge in [-0.1, -0.05) is 0 Å². The molecule has 1 aliphatic rings. The van der Waals surface area contributed by atoms with Crippen molar-refractivity contribution in [3.63, 3.8) is 0 Å². The number of nitrogens with one attached hydrogen (secondary N) is 2. The first-order chi connectivity index (χ1) is 8.67. The van der Waals surface area contributed by atoms with E-state index in [-0.39, 0.29) is 24.1 Å². The quantitative estimate of drug-likeness (QED) is 0.503. The molecule has 4 N–H and O–H groups in total. The fourth-order valence-electron chi connectivity index (χ4n) is 1.58. The Morgan fingerprint density at radius 2 is 2.11 bits per heavy atom. The number of hydrazine groups is 1. The number of hydrogen-bond donors (Lipinski definition) is 3. The van der Waals surface area contributed by atoms with Crippen molar-refractivity contribution in [2.24, 2.45) is 5.84 Å². The molecule has 1 aromatic heterocycles. The summed E-state index contributed by atoms with van der Waals surface area (Å²) in [4.78, 5) is 12.3. The van der Waals surface area contributed by atoms with E-state index in [1.54, 1.807) is 0 Å². The van der Waals surface area contributed by atoms with Gasteiger partial charge in [0.25, 0.3) is 0 Å². The molecule has 0 spiro atoms. The number of nitrogen functional groups attached to an aromatic ring is 1. The number of nitrogens with zero attached hydrogens (tertiary/aromatic N) is 3. The van der Waals surface area contributed by atoms with Gasteiger partial charge in [-0.25, -0.2) is 5.84 Å². The van der Waals surface area contributed by atoms with E-state index < -0.39 is 0 Å². The summed E-state index contributed by atoms with van der Waals surface area (Å²) in [6, 6.07) is 0.458. The summed E-state index contributed by atoms with van der Waals surface area (Å²) >= 11 is 0. The molecule has 1 unspecified atom stereocenters. The molecule has 8 heteroatoms. The molecule has 0 bridgehead atoms. The van der Waals surface area contributed by atoms with Gasteiger partial charge < -0.3 is 14.8 Å². The largest absolute Gasteiger partial charge is 0.461 e. The summed E-state index contributed by atoms with van der Waals surface area (Å²) in [6.45, 7) is 5.20. The molecule has 0 aromatic carbocycles. The first kappa shape index (κ1) is 12.8. The highest BCUT2D eigenvalue weighted by atomic mass is 16.5. The Bertz CT molecular complexity index is 394. The van der Waals surface area contributed by atoms with Gasteiger partial charge >= 0.3 is 6.01 Å². The van der Waals surface area contributed by atoms with E-state index in [0.29, 0.717) is 12.6 Å². The molecule has 0 amide bonds. The third-order valence-corrected chi connectivity index (χ3v) is 2.35. The molecule has 1 atom stereocenters. The van der Waals surface area contributed by atoms with Crippen LogP contribution < -0.4 is 21.3 Å². The summed E-state index contributed by atoms with van der Waals surface area (Å²) in [5, 5.41) is 3.17. The second kappa shape index (κ2) is 5.78. The zero-order valence-electron chi connectivity index (χ0n) is 10.5. The molecule has 1 saturated heterocycles. The van der Waals surface area contributed by atoms with E-state index in [4.69, 9.17) is 15.3 Å². The second-order valence-electron chi connectivity index (χ2n) is 4.28. The monoisotopic (exact) mass is 254 g/mol. The van der Waals surface area contributed by atoms with Crippen molar-refractivity contribution in [1.82, 2.24) is 15.0 Å². The molecule has 0 saturated carbocycles. The predicted molar refractivity (Wildman–Crippen MR) is 66.2 cm³/mol. The standard InChI is InChI=1S/C10H18N6O2/c1-6(2)18-10-14-8(13-9(15-10)16-11)12-7-3-4-17-5-7/h6-7H,3-5,11H2,1-2H3,(H2,12,13,14,15,16). The van der Waals surface area contributed by atoms with E-state index in [1.165, 1.54) is 0 Å². The van der Waals surface area contributed by atoms with Gasteiger partial charge in [0.2, 0.25) is 11.9 Å². The van der Waals surface area contributed by atoms with Crippen molar-refractivity contribution in [2.45, 2.75) is 32.4 Å². The zero-order chi connectivity index (χ0) is 13.0. The summed E-state index contributed by atoms with van der Waals surface area (Å²) in [5.41, 5.74) is 2.39. The number of ether oxygens (including phenoxy) is 2. The van der Waals surface area contributed by atoms with Crippen LogP contribution in [0.4, 0.5) is 11.9 Å². The summed E-state index contributed by atoms with van der Waals surface area (Å²) in [5.74, 6) is 6.02. The van der Waals surface area contributed by atoms with Crippen LogP contribution in [0.25, 0.3) is 0 Å². The number of anilines is 2. The van der Waals surface area contributed by atoms with Gasteiger partial charge in [-0.05, 0) is 20.3 Å². The van der Waals surface area contributed by atoms with Gasteiger partial charge in [0.15, 0.2) is 0 Å². The Hall–Kier alpha value is -1.67. The number of aromatic nitrogens is 3. The molecule has 1 aromatic rings. The van der Waals surface area contributed by atoms with Crippen LogP contribution in [-0.4, -0.2) is 40.3 Å². The molecule has 18 heavy (non-hydrogen) atoms. The van der Waals surface area contributed by atoms with E-state index >= 15 is 0 Å². The highest BCUT2D eigenvalue weighted by Crippen LogP contribution is 2.15. The molecule has 0 aliphatic carbocycles. The van der Waals surface area contributed by atoms with Crippen molar-refractivity contribution < 1.29 is 9.47 Å². The molecule has 1 aliphatic heterocycles. The van der Waals surface area contributed by atoms with Gasteiger partial charge in [0, 0.05) is 6.61 Å². The van der Waals surface area contributed by atoms with Gasteiger partial charge in [-0.2, -0.15) is 15.0 Å². The van der Waals surface area contributed by atoms with Crippen LogP contribution in [0.2, 0.25) is 0 Å². The smallest absolute Gasteiger partial charge is 0.323 e. The molecule has 2 rings (SSSR count). The van der Waals surface area contributed by atoms with Crippen LogP contribution in [0.1, 0.15) is 20.3 Å². The molecule has 2 heterocycles. The highest BCUT2D eigenvalue weighted by Gasteiger charge is 2.17. The first-order valence-electron chi connectivity index (χ1n) is 5.91. The summed E-state index contributed by atoms with van der Waals surface area (Å²) < 4.78 is 10.7. The van der Waals surface area contributed by atoms with Gasteiger partial charge in [-0.3, -0.25) is 5.43 Å². The number of rotatable bonds is 5.